The first-order chi connectivity index (χ1) is 16.8. The molecule has 0 bridgehead atoms. The van der Waals surface area contributed by atoms with Crippen LogP contribution in [0.3, 0.4) is 0 Å². The molecule has 3 heterocycles. The monoisotopic (exact) mass is 495 g/mol. The zero-order valence-electron chi connectivity index (χ0n) is 19.3. The molecule has 1 aliphatic heterocycles. The zero-order valence-corrected chi connectivity index (χ0v) is 20.1. The minimum atomic E-state index is -3.76. The standard InChI is InChI=1S/C24H25N5O5S/c1-15-25-21(16-6-4-3-5-7-16)22-24(31)26-23(27-29(15)22)19-9-8-18(14-20(19)34-2)35(32,33)28-12-10-17(30)11-13-28/h3-9,14,17,30H,10-13H2,1-2H3,(H,26,27,31). The van der Waals surface area contributed by atoms with Crippen LogP contribution in [0.5, 0.6) is 5.75 Å². The Morgan fingerprint density at radius 2 is 1.83 bits per heavy atom. The number of hydrogen-bond donors (Lipinski definition) is 2. The Morgan fingerprint density at radius 1 is 1.11 bits per heavy atom. The van der Waals surface area contributed by atoms with E-state index in [-0.39, 0.29) is 35.1 Å². The SMILES string of the molecule is COc1cc(S(=O)(=O)N2CCC(O)CC2)ccc1-c1nn2c(C)nc(-c3ccccc3)c2c(=O)[nH]1. The number of fused-ring (bicyclic) bond motifs is 1. The molecule has 182 valence electrons. The Bertz CT molecular complexity index is 1550. The number of aromatic amines is 1. The summed E-state index contributed by atoms with van der Waals surface area (Å²) < 4.78 is 34.6. The summed E-state index contributed by atoms with van der Waals surface area (Å²) >= 11 is 0. The van der Waals surface area contributed by atoms with E-state index >= 15 is 0 Å². The maximum Gasteiger partial charge on any atom is 0.277 e. The molecule has 0 unspecified atom stereocenters. The number of benzene rings is 2. The van der Waals surface area contributed by atoms with Gasteiger partial charge in [0.05, 0.1) is 23.7 Å². The van der Waals surface area contributed by atoms with Crippen molar-refractivity contribution in [1.82, 2.24) is 23.9 Å². The van der Waals surface area contributed by atoms with Crippen molar-refractivity contribution in [3.63, 3.8) is 0 Å². The number of aromatic nitrogens is 4. The molecule has 1 saturated heterocycles. The van der Waals surface area contributed by atoms with Crippen molar-refractivity contribution in [3.05, 3.63) is 64.7 Å². The highest BCUT2D eigenvalue weighted by molar-refractivity contribution is 7.89. The summed E-state index contributed by atoms with van der Waals surface area (Å²) in [5.74, 6) is 1.02. The van der Waals surface area contributed by atoms with E-state index in [4.69, 9.17) is 4.74 Å². The van der Waals surface area contributed by atoms with Gasteiger partial charge in [0.15, 0.2) is 11.3 Å². The van der Waals surface area contributed by atoms with E-state index in [9.17, 15) is 18.3 Å². The van der Waals surface area contributed by atoms with Crippen molar-refractivity contribution in [2.24, 2.45) is 0 Å². The molecule has 2 aromatic heterocycles. The Hall–Kier alpha value is -3.54. The van der Waals surface area contributed by atoms with E-state index in [1.54, 1.807) is 13.0 Å². The van der Waals surface area contributed by atoms with Gasteiger partial charge in [0.1, 0.15) is 17.3 Å². The fourth-order valence-electron chi connectivity index (χ4n) is 4.32. The first-order valence-electron chi connectivity index (χ1n) is 11.2. The molecule has 1 fully saturated rings. The second-order valence-corrected chi connectivity index (χ2v) is 10.4. The van der Waals surface area contributed by atoms with Crippen LogP contribution in [0, 0.1) is 6.92 Å². The van der Waals surface area contributed by atoms with Gasteiger partial charge in [-0.1, -0.05) is 30.3 Å². The Kier molecular flexibility index (Phi) is 5.91. The van der Waals surface area contributed by atoms with Crippen molar-refractivity contribution < 1.29 is 18.3 Å². The first kappa shape index (κ1) is 23.2. The zero-order chi connectivity index (χ0) is 24.7. The molecule has 35 heavy (non-hydrogen) atoms. The number of aliphatic hydroxyl groups is 1. The molecule has 0 aliphatic carbocycles. The van der Waals surface area contributed by atoms with E-state index in [2.05, 4.69) is 15.1 Å². The van der Waals surface area contributed by atoms with Gasteiger partial charge in [-0.05, 0) is 31.9 Å². The lowest BCUT2D eigenvalue weighted by molar-refractivity contribution is 0.113. The molecule has 11 heteroatoms. The van der Waals surface area contributed by atoms with Crippen LogP contribution in [0.1, 0.15) is 18.7 Å². The molecule has 5 rings (SSSR count). The number of nitrogens with one attached hydrogen (secondary N) is 1. The fraction of sp³-hybridized carbons (Fsp3) is 0.292. The minimum absolute atomic E-state index is 0.0723. The van der Waals surface area contributed by atoms with Gasteiger partial charge in [-0.25, -0.2) is 17.9 Å². The van der Waals surface area contributed by atoms with Crippen molar-refractivity contribution in [2.45, 2.75) is 30.8 Å². The molecule has 10 nitrogen and oxygen atoms in total. The first-order valence-corrected chi connectivity index (χ1v) is 12.7. The summed E-state index contributed by atoms with van der Waals surface area (Å²) in [6.07, 6.45) is 0.314. The number of aliphatic hydroxyl groups excluding tert-OH is 1. The van der Waals surface area contributed by atoms with Gasteiger partial charge in [0.2, 0.25) is 10.0 Å². The van der Waals surface area contributed by atoms with E-state index < -0.39 is 16.1 Å². The van der Waals surface area contributed by atoms with Crippen molar-refractivity contribution in [3.8, 4) is 28.4 Å². The molecule has 2 aromatic carbocycles. The van der Waals surface area contributed by atoms with Crippen LogP contribution < -0.4 is 10.3 Å². The lowest BCUT2D eigenvalue weighted by atomic mass is 10.1. The highest BCUT2D eigenvalue weighted by Gasteiger charge is 2.29. The Labute approximate surface area is 201 Å². The summed E-state index contributed by atoms with van der Waals surface area (Å²) in [5.41, 5.74) is 1.72. The predicted octanol–water partition coefficient (Wildman–Crippen LogP) is 2.21. The van der Waals surface area contributed by atoms with Crippen LogP contribution in [0.25, 0.3) is 28.2 Å². The van der Waals surface area contributed by atoms with E-state index in [1.807, 2.05) is 30.3 Å². The van der Waals surface area contributed by atoms with Gasteiger partial charge in [-0.15, -0.1) is 5.10 Å². The average Bonchev–Trinajstić information content (AvgIpc) is 3.21. The van der Waals surface area contributed by atoms with Gasteiger partial charge in [0.25, 0.3) is 5.56 Å². The molecule has 0 atom stereocenters. The van der Waals surface area contributed by atoms with Crippen molar-refractivity contribution in [1.29, 1.82) is 0 Å². The van der Waals surface area contributed by atoms with E-state index in [1.165, 1.54) is 28.1 Å². The second-order valence-electron chi connectivity index (χ2n) is 8.43. The Balaban J connectivity index is 1.57. The van der Waals surface area contributed by atoms with Crippen molar-refractivity contribution >= 4 is 15.5 Å². The number of sulfonamides is 1. The third-order valence-corrected chi connectivity index (χ3v) is 8.09. The molecule has 0 saturated carbocycles. The third-order valence-electron chi connectivity index (χ3n) is 6.20. The molecule has 0 amide bonds. The molecule has 1 aliphatic rings. The summed E-state index contributed by atoms with van der Waals surface area (Å²) in [6.45, 7) is 2.27. The van der Waals surface area contributed by atoms with Crippen LogP contribution in [-0.2, 0) is 10.0 Å². The highest BCUT2D eigenvalue weighted by atomic mass is 32.2. The average molecular weight is 496 g/mol. The largest absolute Gasteiger partial charge is 0.496 e. The van der Waals surface area contributed by atoms with E-state index in [0.717, 1.165) is 5.56 Å². The van der Waals surface area contributed by atoms with Crippen LogP contribution in [-0.4, -0.2) is 63.7 Å². The third kappa shape index (κ3) is 4.11. The van der Waals surface area contributed by atoms with Gasteiger partial charge >= 0.3 is 0 Å². The number of nitrogens with zero attached hydrogens (tertiary/aromatic N) is 4. The number of hydrogen-bond acceptors (Lipinski definition) is 7. The molecular formula is C24H25N5O5S. The number of imidazole rings is 1. The smallest absolute Gasteiger partial charge is 0.277 e. The van der Waals surface area contributed by atoms with Crippen LogP contribution >= 0.6 is 0 Å². The maximum atomic E-state index is 13.1. The van der Waals surface area contributed by atoms with E-state index in [0.29, 0.717) is 35.4 Å². The van der Waals surface area contributed by atoms with Crippen molar-refractivity contribution in [2.75, 3.05) is 20.2 Å². The highest BCUT2D eigenvalue weighted by Crippen LogP contribution is 2.32. The Morgan fingerprint density at radius 3 is 2.51 bits per heavy atom. The summed E-state index contributed by atoms with van der Waals surface area (Å²) in [6, 6.07) is 13.9. The quantitative estimate of drug-likeness (QED) is 0.434. The summed E-state index contributed by atoms with van der Waals surface area (Å²) in [5, 5.41) is 14.3. The lowest BCUT2D eigenvalue weighted by Crippen LogP contribution is -2.39. The van der Waals surface area contributed by atoms with Crippen LogP contribution in [0.15, 0.2) is 58.2 Å². The second kappa shape index (κ2) is 8.91. The lowest BCUT2D eigenvalue weighted by Gasteiger charge is -2.28. The predicted molar refractivity (Wildman–Crippen MR) is 130 cm³/mol. The maximum absolute atomic E-state index is 13.1. The normalized spacial score (nSPS) is 15.5. The molecule has 0 radical (unpaired) electrons. The number of aryl methyl sites for hydroxylation is 1. The topological polar surface area (TPSA) is 130 Å². The minimum Gasteiger partial charge on any atom is -0.496 e. The van der Waals surface area contributed by atoms with Gasteiger partial charge < -0.3 is 14.8 Å². The van der Waals surface area contributed by atoms with Gasteiger partial charge in [-0.3, -0.25) is 4.79 Å². The number of ether oxygens (including phenoxy) is 1. The van der Waals surface area contributed by atoms with Gasteiger partial charge in [0, 0.05) is 24.7 Å². The molecular weight excluding hydrogens is 470 g/mol. The molecule has 0 spiro atoms. The number of rotatable bonds is 5. The summed E-state index contributed by atoms with van der Waals surface area (Å²) in [4.78, 5) is 20.5. The van der Waals surface area contributed by atoms with Crippen LogP contribution in [0.4, 0.5) is 0 Å². The molecule has 2 N–H and O–H groups in total. The number of H-pyrrole nitrogens is 1. The number of methoxy groups -OCH3 is 1. The number of piperidine rings is 1. The summed E-state index contributed by atoms with van der Waals surface area (Å²) in [7, 11) is -2.33. The van der Waals surface area contributed by atoms with Crippen LogP contribution in [0.2, 0.25) is 0 Å². The molecule has 4 aromatic rings. The van der Waals surface area contributed by atoms with Gasteiger partial charge in [-0.2, -0.15) is 4.31 Å². The fourth-order valence-corrected chi connectivity index (χ4v) is 5.81.